The highest BCUT2D eigenvalue weighted by Crippen LogP contribution is 2.40. The van der Waals surface area contributed by atoms with Crippen molar-refractivity contribution in [2.75, 3.05) is 10.6 Å². The molecule has 0 aromatic carbocycles. The normalized spacial score (nSPS) is 12.9. The number of hydrogen-bond donors (Lipinski definition) is 2. The third kappa shape index (κ3) is 4.29. The molecule has 0 aliphatic heterocycles. The Balaban J connectivity index is 1.51. The molecule has 1 aliphatic rings. The highest BCUT2D eigenvalue weighted by atomic mass is 16.5. The highest BCUT2D eigenvalue weighted by Gasteiger charge is 2.25. The third-order valence-electron chi connectivity index (χ3n) is 5.74. The number of aryl methyl sites for hydroxylation is 2. The summed E-state index contributed by atoms with van der Waals surface area (Å²) in [7, 11) is 3.48. The molecule has 1 aliphatic carbocycles. The largest absolute Gasteiger partial charge is 0.437 e. The number of fused-ring (bicyclic) bond motifs is 1. The topological polar surface area (TPSA) is 140 Å². The number of nitrogens with one attached hydrogen (secondary N) is 2. The van der Waals surface area contributed by atoms with Gasteiger partial charge in [-0.25, -0.2) is 15.0 Å². The molecule has 0 unspecified atom stereocenters. The molecule has 1 amide bonds. The number of anilines is 3. The highest BCUT2D eigenvalue weighted by molar-refractivity contribution is 5.88. The first-order valence-corrected chi connectivity index (χ1v) is 11.0. The average molecular weight is 470 g/mol. The molecular formula is C24H22N8O3. The average Bonchev–Trinajstić information content (AvgIpc) is 3.62. The van der Waals surface area contributed by atoms with Gasteiger partial charge in [-0.1, -0.05) is 0 Å². The van der Waals surface area contributed by atoms with Crippen LogP contribution in [-0.4, -0.2) is 30.0 Å². The number of nitrogens with zero attached hydrogens (tertiary/aromatic N) is 6. The van der Waals surface area contributed by atoms with Gasteiger partial charge < -0.3 is 24.5 Å². The van der Waals surface area contributed by atoms with Gasteiger partial charge in [-0.3, -0.25) is 9.59 Å². The van der Waals surface area contributed by atoms with E-state index in [1.165, 1.54) is 25.4 Å². The van der Waals surface area contributed by atoms with E-state index in [0.29, 0.717) is 40.2 Å². The first-order chi connectivity index (χ1) is 16.8. The van der Waals surface area contributed by atoms with Crippen LogP contribution in [-0.2, 0) is 18.9 Å². The predicted octanol–water partition coefficient (Wildman–Crippen LogP) is 3.31. The van der Waals surface area contributed by atoms with E-state index >= 15 is 0 Å². The Morgan fingerprint density at radius 3 is 2.77 bits per heavy atom. The van der Waals surface area contributed by atoms with Crippen LogP contribution in [0.4, 0.5) is 17.5 Å². The summed E-state index contributed by atoms with van der Waals surface area (Å²) in [5.74, 6) is 1.37. The number of ether oxygens (including phenoxy) is 1. The lowest BCUT2D eigenvalue weighted by atomic mass is 10.2. The van der Waals surface area contributed by atoms with E-state index < -0.39 is 0 Å². The van der Waals surface area contributed by atoms with Gasteiger partial charge in [0.05, 0.1) is 11.7 Å². The zero-order chi connectivity index (χ0) is 24.7. The fraction of sp³-hybridized carbons (Fsp3) is 0.250. The van der Waals surface area contributed by atoms with Crippen molar-refractivity contribution in [3.63, 3.8) is 0 Å². The summed E-state index contributed by atoms with van der Waals surface area (Å²) < 4.78 is 9.12. The van der Waals surface area contributed by atoms with Gasteiger partial charge in [0.15, 0.2) is 0 Å². The molecule has 0 radical (unpaired) electrons. The Bertz CT molecular complexity index is 1580. The van der Waals surface area contributed by atoms with E-state index in [9.17, 15) is 14.9 Å². The zero-order valence-electron chi connectivity index (χ0n) is 19.4. The van der Waals surface area contributed by atoms with Crippen LogP contribution in [0, 0.1) is 11.3 Å². The Morgan fingerprint density at radius 2 is 2.06 bits per heavy atom. The second-order valence-corrected chi connectivity index (χ2v) is 8.44. The van der Waals surface area contributed by atoms with E-state index in [2.05, 4.69) is 31.7 Å². The molecule has 0 spiro atoms. The molecule has 1 fully saturated rings. The number of aromatic nitrogens is 5. The maximum atomic E-state index is 12.7. The minimum atomic E-state index is -0.265. The van der Waals surface area contributed by atoms with Crippen LogP contribution in [0.15, 0.2) is 41.6 Å². The SMILES string of the molecule is CC(=O)Nc1cc(Oc2ncc3nc(Nc4cc(C5CC5)cn(C)c4=O)n(C)c3c2C#N)ccn1. The predicted molar refractivity (Wildman–Crippen MR) is 129 cm³/mol. The number of amides is 1. The molecule has 4 aromatic rings. The zero-order valence-corrected chi connectivity index (χ0v) is 19.4. The minimum Gasteiger partial charge on any atom is -0.437 e. The molecule has 11 nitrogen and oxygen atoms in total. The fourth-order valence-corrected chi connectivity index (χ4v) is 3.90. The molecule has 4 aromatic heterocycles. The number of pyridine rings is 3. The van der Waals surface area contributed by atoms with Gasteiger partial charge in [-0.05, 0) is 36.5 Å². The quantitative estimate of drug-likeness (QED) is 0.437. The number of nitriles is 1. The maximum Gasteiger partial charge on any atom is 0.274 e. The van der Waals surface area contributed by atoms with E-state index in [-0.39, 0.29) is 22.9 Å². The molecule has 0 saturated heterocycles. The monoisotopic (exact) mass is 470 g/mol. The van der Waals surface area contributed by atoms with Crippen LogP contribution < -0.4 is 20.9 Å². The van der Waals surface area contributed by atoms with Gasteiger partial charge in [0.25, 0.3) is 5.56 Å². The van der Waals surface area contributed by atoms with E-state index in [1.54, 1.807) is 29.3 Å². The number of hydrogen-bond acceptors (Lipinski definition) is 8. The van der Waals surface area contributed by atoms with Gasteiger partial charge in [0.2, 0.25) is 17.7 Å². The Labute approximate surface area is 200 Å². The summed E-state index contributed by atoms with van der Waals surface area (Å²) in [5.41, 5.74) is 2.52. The Morgan fingerprint density at radius 1 is 1.26 bits per heavy atom. The Hall–Kier alpha value is -4.72. The van der Waals surface area contributed by atoms with Crippen molar-refractivity contribution in [2.24, 2.45) is 14.1 Å². The first kappa shape index (κ1) is 22.1. The molecular weight excluding hydrogens is 448 g/mol. The molecule has 35 heavy (non-hydrogen) atoms. The lowest BCUT2D eigenvalue weighted by Crippen LogP contribution is -2.20. The van der Waals surface area contributed by atoms with E-state index in [4.69, 9.17) is 4.74 Å². The third-order valence-corrected chi connectivity index (χ3v) is 5.74. The van der Waals surface area contributed by atoms with Gasteiger partial charge in [0.1, 0.15) is 34.4 Å². The summed E-state index contributed by atoms with van der Waals surface area (Å²) in [5, 5.41) is 15.6. The van der Waals surface area contributed by atoms with Crippen molar-refractivity contribution in [1.82, 2.24) is 24.1 Å². The van der Waals surface area contributed by atoms with Crippen molar-refractivity contribution in [1.29, 1.82) is 5.26 Å². The molecule has 176 valence electrons. The number of imidazole rings is 1. The lowest BCUT2D eigenvalue weighted by Gasteiger charge is -2.11. The molecule has 1 saturated carbocycles. The van der Waals surface area contributed by atoms with Gasteiger partial charge in [-0.15, -0.1) is 0 Å². The molecule has 0 atom stereocenters. The number of rotatable bonds is 6. The van der Waals surface area contributed by atoms with Gasteiger partial charge in [-0.2, -0.15) is 5.26 Å². The summed E-state index contributed by atoms with van der Waals surface area (Å²) in [6.45, 7) is 1.38. The first-order valence-electron chi connectivity index (χ1n) is 11.0. The van der Waals surface area contributed by atoms with Crippen molar-refractivity contribution < 1.29 is 9.53 Å². The van der Waals surface area contributed by atoms with Crippen LogP contribution >= 0.6 is 0 Å². The molecule has 11 heteroatoms. The maximum absolute atomic E-state index is 12.7. The van der Waals surface area contributed by atoms with Crippen LogP contribution in [0.5, 0.6) is 11.6 Å². The smallest absolute Gasteiger partial charge is 0.274 e. The van der Waals surface area contributed by atoms with Crippen LogP contribution in [0.1, 0.15) is 36.8 Å². The number of carbonyl (C=O) groups is 1. The van der Waals surface area contributed by atoms with Gasteiger partial charge >= 0.3 is 0 Å². The summed E-state index contributed by atoms with van der Waals surface area (Å²) in [6, 6.07) is 7.15. The van der Waals surface area contributed by atoms with Crippen molar-refractivity contribution in [3.8, 4) is 17.7 Å². The second kappa shape index (κ2) is 8.57. The van der Waals surface area contributed by atoms with Crippen LogP contribution in [0.25, 0.3) is 11.0 Å². The lowest BCUT2D eigenvalue weighted by molar-refractivity contribution is -0.114. The standard InChI is InChI=1S/C24H22N8O3/c1-13(33)28-20-9-16(6-7-26-20)35-22-17(10-25)21-19(11-27-22)30-24(32(21)3)29-18-8-15(14-4-5-14)12-31(2)23(18)34/h6-9,11-12,14H,4-5H2,1-3H3,(H,29,30)(H,26,28,33). The molecule has 0 bridgehead atoms. The Kier molecular flexibility index (Phi) is 5.41. The summed E-state index contributed by atoms with van der Waals surface area (Å²) in [4.78, 5) is 36.9. The molecule has 2 N–H and O–H groups in total. The van der Waals surface area contributed by atoms with Crippen LogP contribution in [0.2, 0.25) is 0 Å². The number of carbonyl (C=O) groups excluding carboxylic acids is 1. The van der Waals surface area contributed by atoms with E-state index in [0.717, 1.165) is 18.4 Å². The minimum absolute atomic E-state index is 0.0844. The van der Waals surface area contributed by atoms with Crippen molar-refractivity contribution in [2.45, 2.75) is 25.7 Å². The summed E-state index contributed by atoms with van der Waals surface area (Å²) >= 11 is 0. The van der Waals surface area contributed by atoms with Crippen molar-refractivity contribution >= 4 is 34.4 Å². The summed E-state index contributed by atoms with van der Waals surface area (Å²) in [6.07, 6.45) is 7.10. The molecule has 4 heterocycles. The van der Waals surface area contributed by atoms with Gasteiger partial charge in [0, 0.05) is 39.5 Å². The fourth-order valence-electron chi connectivity index (χ4n) is 3.90. The van der Waals surface area contributed by atoms with E-state index in [1.807, 2.05) is 12.3 Å². The van der Waals surface area contributed by atoms with Crippen molar-refractivity contribution in [3.05, 3.63) is 58.3 Å². The van der Waals surface area contributed by atoms with Crippen LogP contribution in [0.3, 0.4) is 0 Å². The second-order valence-electron chi connectivity index (χ2n) is 8.44. The molecule has 5 rings (SSSR count).